The van der Waals surface area contributed by atoms with Crippen LogP contribution in [0.15, 0.2) is 84.9 Å². The van der Waals surface area contributed by atoms with E-state index in [0.29, 0.717) is 11.8 Å². The highest BCUT2D eigenvalue weighted by atomic mass is 14.6. The number of hydrogen-bond acceptors (Lipinski definition) is 0. The summed E-state index contributed by atoms with van der Waals surface area (Å²) in [6.07, 6.45) is 33.8. The van der Waals surface area contributed by atoms with E-state index in [1.807, 2.05) is 0 Å². The summed E-state index contributed by atoms with van der Waals surface area (Å²) in [6.45, 7) is 37.3. The highest BCUT2D eigenvalue weighted by molar-refractivity contribution is 5.44. The molecule has 82 heavy (non-hydrogen) atoms. The van der Waals surface area contributed by atoms with Gasteiger partial charge in [0.05, 0.1) is 0 Å². The van der Waals surface area contributed by atoms with Crippen LogP contribution in [0.2, 0.25) is 0 Å². The number of fused-ring (bicyclic) bond motifs is 5. The number of benzene rings is 4. The maximum atomic E-state index is 2.38. The van der Waals surface area contributed by atoms with Crippen molar-refractivity contribution in [3.05, 3.63) is 141 Å². The van der Waals surface area contributed by atoms with Gasteiger partial charge in [-0.15, -0.1) is 0 Å². The van der Waals surface area contributed by atoms with Gasteiger partial charge >= 0.3 is 0 Å². The van der Waals surface area contributed by atoms with Crippen LogP contribution in [0.25, 0.3) is 0 Å². The highest BCUT2D eigenvalue weighted by Gasteiger charge is 2.57. The van der Waals surface area contributed by atoms with Crippen molar-refractivity contribution >= 4 is 0 Å². The zero-order valence-electron chi connectivity index (χ0n) is 56.1. The van der Waals surface area contributed by atoms with Gasteiger partial charge in [-0.1, -0.05) is 202 Å². The summed E-state index contributed by atoms with van der Waals surface area (Å²) in [6, 6.07) is 31.2. The largest absolute Gasteiger partial charge is 0.0625 e. The van der Waals surface area contributed by atoms with E-state index in [9.17, 15) is 0 Å². The second kappa shape index (κ2) is 27.3. The van der Waals surface area contributed by atoms with Crippen LogP contribution in [0.1, 0.15) is 299 Å². The van der Waals surface area contributed by atoms with Gasteiger partial charge in [-0.25, -0.2) is 0 Å². The Morgan fingerprint density at radius 1 is 0.390 bits per heavy atom. The molecular formula is C82H124. The summed E-state index contributed by atoms with van der Waals surface area (Å²) < 4.78 is 0. The van der Waals surface area contributed by atoms with Crippen molar-refractivity contribution in [3.63, 3.8) is 0 Å². The lowest BCUT2D eigenvalue weighted by Gasteiger charge is -2.64. The van der Waals surface area contributed by atoms with Crippen LogP contribution >= 0.6 is 0 Å². The monoisotopic (exact) mass is 1110 g/mol. The third-order valence-corrected chi connectivity index (χ3v) is 24.7. The summed E-state index contributed by atoms with van der Waals surface area (Å²) in [5.41, 5.74) is 18.6. The maximum absolute atomic E-state index is 2.38. The summed E-state index contributed by atoms with van der Waals surface area (Å²) >= 11 is 0. The quantitative estimate of drug-likeness (QED) is 0.165. The standard InChI is InChI=1S/2C12H16.2C11H14.C10H18.2C9H16.C8H14/c1-9(2)11-7-3-5-10-6-4-8-12(10)11;1-9(2)11-8-7-10-5-3-4-6-12(10)11;1-8(2)10-5-3-4-9-6-7-11(9)10;1-8(2)11-7-9-5-3-4-6-10(9)11;1-8(2)9-6-10(7-9)4-3-5-10;1-7(2)8-5-9(6-8)3-4-9;1-6(2)8-4-3-7-5-9(7)8;1-6(2)8-3-7(4-8)5-8/h3,5,7,9H,4,6,8H2,1-2H3;3-6,9,11H,7-8H2,1-2H3;3-5,8H,6-7H2,1-2H3;3-6,8,11H,7H2,1-2H3;8-9H,3-7H2,1-2H3;7-8H,3-6H2,1-2H3;6-9H,3-5H2,1-2H3;6-7H,3-5H2,1-2H3. The molecule has 0 amide bonds. The predicted molar refractivity (Wildman–Crippen MR) is 357 cm³/mol. The van der Waals surface area contributed by atoms with Crippen molar-refractivity contribution in [2.24, 2.45) is 87.3 Å². The van der Waals surface area contributed by atoms with Gasteiger partial charge in [0.15, 0.2) is 0 Å². The molecule has 452 valence electrons. The van der Waals surface area contributed by atoms with Crippen LogP contribution in [0.5, 0.6) is 0 Å². The van der Waals surface area contributed by atoms with Crippen molar-refractivity contribution in [3.8, 4) is 0 Å². The number of aryl methyl sites for hydroxylation is 3. The van der Waals surface area contributed by atoms with Crippen molar-refractivity contribution < 1.29 is 0 Å². The third-order valence-electron chi connectivity index (χ3n) is 24.7. The topological polar surface area (TPSA) is 0 Å². The fourth-order valence-corrected chi connectivity index (χ4v) is 17.7. The van der Waals surface area contributed by atoms with E-state index in [1.165, 1.54) is 76.0 Å². The molecule has 5 unspecified atom stereocenters. The van der Waals surface area contributed by atoms with Crippen molar-refractivity contribution in [1.29, 1.82) is 0 Å². The van der Waals surface area contributed by atoms with Gasteiger partial charge < -0.3 is 0 Å². The van der Waals surface area contributed by atoms with Gasteiger partial charge in [0.1, 0.15) is 0 Å². The Kier molecular flexibility index (Phi) is 21.1. The molecule has 0 aromatic heterocycles. The van der Waals surface area contributed by atoms with Gasteiger partial charge in [-0.2, -0.15) is 0 Å². The molecule has 0 heterocycles. The van der Waals surface area contributed by atoms with Crippen LogP contribution in [0.4, 0.5) is 0 Å². The fraction of sp³-hybridized carbons (Fsp3) is 0.707. The summed E-state index contributed by atoms with van der Waals surface area (Å²) in [7, 11) is 0. The van der Waals surface area contributed by atoms with Crippen LogP contribution in [-0.4, -0.2) is 0 Å². The Labute approximate surface area is 507 Å². The average Bonchev–Trinajstić information content (AvgIpc) is 4.01. The molecule has 0 saturated heterocycles. The normalized spacial score (nSPS) is 28.1. The Morgan fingerprint density at radius 2 is 0.890 bits per heavy atom. The predicted octanol–water partition coefficient (Wildman–Crippen LogP) is 23.7. The van der Waals surface area contributed by atoms with Gasteiger partial charge in [0.25, 0.3) is 0 Å². The lowest BCUT2D eigenvalue weighted by molar-refractivity contribution is -0.141. The summed E-state index contributed by atoms with van der Waals surface area (Å²) in [5, 5.41) is 0. The molecule has 0 radical (unpaired) electrons. The first kappa shape index (κ1) is 63.4. The van der Waals surface area contributed by atoms with E-state index >= 15 is 0 Å². The molecule has 13 aliphatic carbocycles. The Balaban J connectivity index is 0.000000113. The minimum absolute atomic E-state index is 0.693. The maximum Gasteiger partial charge on any atom is -0.00956 e. The van der Waals surface area contributed by atoms with Crippen molar-refractivity contribution in [2.75, 3.05) is 0 Å². The lowest BCUT2D eigenvalue weighted by atomic mass is 9.41. The van der Waals surface area contributed by atoms with Crippen molar-refractivity contribution in [1.82, 2.24) is 0 Å². The first-order chi connectivity index (χ1) is 39.1. The highest BCUT2D eigenvalue weighted by Crippen LogP contribution is 2.68. The molecule has 9 fully saturated rings. The van der Waals surface area contributed by atoms with E-state index < -0.39 is 0 Å². The molecule has 0 nitrogen and oxygen atoms in total. The van der Waals surface area contributed by atoms with E-state index in [-0.39, 0.29) is 0 Å². The van der Waals surface area contributed by atoms with Gasteiger partial charge in [0, 0.05) is 0 Å². The van der Waals surface area contributed by atoms with Crippen LogP contribution in [0.3, 0.4) is 0 Å². The first-order valence-corrected chi connectivity index (χ1v) is 35.5. The molecule has 17 rings (SSSR count). The molecule has 0 N–H and O–H groups in total. The second-order valence-electron chi connectivity index (χ2n) is 32.8. The first-order valence-electron chi connectivity index (χ1n) is 35.5. The van der Waals surface area contributed by atoms with Gasteiger partial charge in [-0.3, -0.25) is 0 Å². The number of hydrogen-bond donors (Lipinski definition) is 0. The van der Waals surface area contributed by atoms with E-state index in [4.69, 9.17) is 0 Å². The smallest absolute Gasteiger partial charge is 0.00956 e. The van der Waals surface area contributed by atoms with Gasteiger partial charge in [0.2, 0.25) is 0 Å². The minimum Gasteiger partial charge on any atom is -0.0625 e. The summed E-state index contributed by atoms with van der Waals surface area (Å²) in [4.78, 5) is 0. The molecular weight excluding hydrogens is 985 g/mol. The molecule has 4 aromatic carbocycles. The Hall–Kier alpha value is -3.12. The summed E-state index contributed by atoms with van der Waals surface area (Å²) in [5.74, 6) is 15.3. The average molecular weight is 1110 g/mol. The zero-order valence-corrected chi connectivity index (χ0v) is 56.1. The molecule has 0 heteroatoms. The number of rotatable bonds is 8. The Morgan fingerprint density at radius 3 is 1.26 bits per heavy atom. The molecule has 13 aliphatic rings. The lowest BCUT2D eigenvalue weighted by Crippen LogP contribution is -2.54. The van der Waals surface area contributed by atoms with E-state index in [0.717, 1.165) is 87.3 Å². The van der Waals surface area contributed by atoms with Crippen LogP contribution < -0.4 is 0 Å². The van der Waals surface area contributed by atoms with E-state index in [2.05, 4.69) is 196 Å². The van der Waals surface area contributed by atoms with Crippen LogP contribution in [-0.2, 0) is 38.5 Å². The fourth-order valence-electron chi connectivity index (χ4n) is 17.7. The Bertz CT molecular complexity index is 2600. The molecule has 4 aromatic rings. The SMILES string of the molecule is CC(C)C12CC(C1)C2.CC(C)C1CC2(CC2)C1.CC(C)C1CC2(CCC2)C1.CC(C)C1CCC2CC21.CC(C)C1CCc2ccccc21.CC(C)C1Cc2ccccc21.CC(C)c1cccc2c1CC2.CC(C)c1cccc2c1CCC2. The molecule has 5 atom stereocenters. The van der Waals surface area contributed by atoms with E-state index in [1.54, 1.807) is 139 Å². The third kappa shape index (κ3) is 15.0. The second-order valence-corrected chi connectivity index (χ2v) is 32.8. The van der Waals surface area contributed by atoms with Gasteiger partial charge in [-0.05, 0) is 308 Å². The molecule has 2 bridgehead atoms. The molecule has 0 aliphatic heterocycles. The minimum atomic E-state index is 0.693. The zero-order chi connectivity index (χ0) is 58.7. The van der Waals surface area contributed by atoms with Crippen molar-refractivity contribution in [2.45, 2.75) is 282 Å². The molecule has 9 saturated carbocycles. The van der Waals surface area contributed by atoms with Crippen LogP contribution in [0, 0.1) is 87.3 Å². The molecule has 2 spiro atoms.